The maximum absolute atomic E-state index is 6.49. The van der Waals surface area contributed by atoms with Gasteiger partial charge in [-0.2, -0.15) is 0 Å². The molecule has 3 atom stereocenters. The molecule has 0 spiro atoms. The smallest absolute Gasteiger partial charge is 0.0429 e. The average Bonchev–Trinajstić information content (AvgIpc) is 2.55. The second kappa shape index (κ2) is 5.64. The quantitative estimate of drug-likeness (QED) is 0.903. The molecule has 2 N–H and O–H groups in total. The van der Waals surface area contributed by atoms with Crippen LogP contribution in [0.4, 0.5) is 0 Å². The molecule has 1 saturated heterocycles. The highest BCUT2D eigenvalue weighted by Gasteiger charge is 2.28. The summed E-state index contributed by atoms with van der Waals surface area (Å²) in [5.41, 5.74) is 11.8. The van der Waals surface area contributed by atoms with Crippen LogP contribution in [-0.4, -0.2) is 24.0 Å². The summed E-state index contributed by atoms with van der Waals surface area (Å²) in [6.07, 6.45) is 1.30. The van der Waals surface area contributed by atoms with E-state index in [2.05, 4.69) is 51.7 Å². The minimum atomic E-state index is 0.133. The van der Waals surface area contributed by atoms with E-state index >= 15 is 0 Å². The molecule has 1 heterocycles. The lowest BCUT2D eigenvalue weighted by atomic mass is 9.94. The molecule has 1 aromatic rings. The molecule has 0 saturated carbocycles. The second-order valence-corrected chi connectivity index (χ2v) is 6.56. The normalized spacial score (nSPS) is 25.8. The van der Waals surface area contributed by atoms with Crippen molar-refractivity contribution in [3.05, 3.63) is 34.4 Å². The van der Waals surface area contributed by atoms with Gasteiger partial charge in [-0.1, -0.05) is 24.6 Å². The second-order valence-electron chi connectivity index (χ2n) is 6.56. The summed E-state index contributed by atoms with van der Waals surface area (Å²) in [5.74, 6) is 0.808. The molecular weight excluding hydrogens is 232 g/mol. The van der Waals surface area contributed by atoms with Gasteiger partial charge in [-0.05, 0) is 56.7 Å². The predicted octanol–water partition coefficient (Wildman–Crippen LogP) is 3.34. The van der Waals surface area contributed by atoms with Gasteiger partial charge < -0.3 is 5.73 Å². The number of nitrogens with two attached hydrogens (primary N) is 1. The zero-order chi connectivity index (χ0) is 14.2. The van der Waals surface area contributed by atoms with Crippen LogP contribution in [0.15, 0.2) is 12.1 Å². The van der Waals surface area contributed by atoms with E-state index in [4.69, 9.17) is 5.73 Å². The standard InChI is InChI=1S/C17H28N2/c1-11-6-13(3)17(14(4)7-11)16(18)10-19-9-12(2)8-15(19)5/h6-7,12,15-16H,8-10,18H2,1-5H3. The highest BCUT2D eigenvalue weighted by atomic mass is 15.2. The van der Waals surface area contributed by atoms with Gasteiger partial charge >= 0.3 is 0 Å². The molecule has 19 heavy (non-hydrogen) atoms. The summed E-state index contributed by atoms with van der Waals surface area (Å²) in [4.78, 5) is 2.55. The van der Waals surface area contributed by atoms with E-state index < -0.39 is 0 Å². The maximum atomic E-state index is 6.49. The van der Waals surface area contributed by atoms with Crippen molar-refractivity contribution < 1.29 is 0 Å². The van der Waals surface area contributed by atoms with Gasteiger partial charge in [0, 0.05) is 25.2 Å². The fourth-order valence-corrected chi connectivity index (χ4v) is 3.76. The van der Waals surface area contributed by atoms with Crippen LogP contribution in [0.1, 0.15) is 48.6 Å². The first-order chi connectivity index (χ1) is 8.88. The Morgan fingerprint density at radius 3 is 2.26 bits per heavy atom. The Morgan fingerprint density at radius 1 is 1.21 bits per heavy atom. The molecule has 2 heteroatoms. The van der Waals surface area contributed by atoms with Gasteiger partial charge in [-0.3, -0.25) is 4.90 Å². The molecule has 2 nitrogen and oxygen atoms in total. The summed E-state index contributed by atoms with van der Waals surface area (Å²) in [5, 5.41) is 0. The minimum absolute atomic E-state index is 0.133. The summed E-state index contributed by atoms with van der Waals surface area (Å²) in [7, 11) is 0. The first kappa shape index (κ1) is 14.5. The van der Waals surface area contributed by atoms with Gasteiger partial charge in [0.25, 0.3) is 0 Å². The van der Waals surface area contributed by atoms with Crippen molar-refractivity contribution in [1.82, 2.24) is 4.90 Å². The van der Waals surface area contributed by atoms with Crippen molar-refractivity contribution in [3.63, 3.8) is 0 Å². The molecule has 0 aromatic heterocycles. The van der Waals surface area contributed by atoms with E-state index in [-0.39, 0.29) is 6.04 Å². The SMILES string of the molecule is Cc1cc(C)c(C(N)CN2CC(C)CC2C)c(C)c1. The first-order valence-corrected chi connectivity index (χ1v) is 7.46. The maximum Gasteiger partial charge on any atom is 0.0429 e. The predicted molar refractivity (Wildman–Crippen MR) is 82.4 cm³/mol. The monoisotopic (exact) mass is 260 g/mol. The minimum Gasteiger partial charge on any atom is -0.323 e. The van der Waals surface area contributed by atoms with E-state index in [1.807, 2.05) is 0 Å². The first-order valence-electron chi connectivity index (χ1n) is 7.46. The fourth-order valence-electron chi connectivity index (χ4n) is 3.76. The Bertz CT molecular complexity index is 430. The lowest BCUT2D eigenvalue weighted by molar-refractivity contribution is 0.248. The van der Waals surface area contributed by atoms with Crippen LogP contribution in [-0.2, 0) is 0 Å². The Morgan fingerprint density at radius 2 is 1.79 bits per heavy atom. The van der Waals surface area contributed by atoms with E-state index in [0.717, 1.165) is 12.5 Å². The Balaban J connectivity index is 2.14. The number of rotatable bonds is 3. The molecule has 2 rings (SSSR count). The number of aryl methyl sites for hydroxylation is 3. The van der Waals surface area contributed by atoms with Crippen molar-refractivity contribution in [2.45, 2.75) is 53.1 Å². The summed E-state index contributed by atoms with van der Waals surface area (Å²) in [6, 6.07) is 5.30. The summed E-state index contributed by atoms with van der Waals surface area (Å²) >= 11 is 0. The van der Waals surface area contributed by atoms with Crippen LogP contribution in [0.2, 0.25) is 0 Å². The lowest BCUT2D eigenvalue weighted by Crippen LogP contribution is -2.35. The van der Waals surface area contributed by atoms with Crippen LogP contribution < -0.4 is 5.73 Å². The van der Waals surface area contributed by atoms with Gasteiger partial charge in [-0.25, -0.2) is 0 Å². The number of nitrogens with zero attached hydrogens (tertiary/aromatic N) is 1. The van der Waals surface area contributed by atoms with Crippen LogP contribution in [0.3, 0.4) is 0 Å². The number of hydrogen-bond acceptors (Lipinski definition) is 2. The van der Waals surface area contributed by atoms with E-state index in [0.29, 0.717) is 6.04 Å². The van der Waals surface area contributed by atoms with Crippen LogP contribution >= 0.6 is 0 Å². The number of benzene rings is 1. The highest BCUT2D eigenvalue weighted by molar-refractivity contribution is 5.39. The number of likely N-dealkylation sites (tertiary alicyclic amines) is 1. The molecule has 3 unspecified atom stereocenters. The van der Waals surface area contributed by atoms with Gasteiger partial charge in [0.05, 0.1) is 0 Å². The molecule has 0 radical (unpaired) electrons. The molecule has 1 aliphatic heterocycles. The van der Waals surface area contributed by atoms with E-state index in [9.17, 15) is 0 Å². The molecule has 1 aliphatic rings. The molecule has 0 bridgehead atoms. The molecule has 0 aliphatic carbocycles. The van der Waals surface area contributed by atoms with Gasteiger partial charge in [0.1, 0.15) is 0 Å². The van der Waals surface area contributed by atoms with Crippen molar-refractivity contribution >= 4 is 0 Å². The summed E-state index contributed by atoms with van der Waals surface area (Å²) < 4.78 is 0. The fraction of sp³-hybridized carbons (Fsp3) is 0.647. The van der Waals surface area contributed by atoms with Gasteiger partial charge in [-0.15, -0.1) is 0 Å². The molecule has 0 amide bonds. The van der Waals surface area contributed by atoms with Crippen LogP contribution in [0.5, 0.6) is 0 Å². The van der Waals surface area contributed by atoms with E-state index in [1.165, 1.54) is 35.2 Å². The van der Waals surface area contributed by atoms with E-state index in [1.54, 1.807) is 0 Å². The van der Waals surface area contributed by atoms with Crippen LogP contribution in [0.25, 0.3) is 0 Å². The van der Waals surface area contributed by atoms with Gasteiger partial charge in [0.15, 0.2) is 0 Å². The molecular formula is C17H28N2. The molecule has 1 aromatic carbocycles. The van der Waals surface area contributed by atoms with Crippen molar-refractivity contribution in [2.75, 3.05) is 13.1 Å². The Kier molecular flexibility index (Phi) is 4.32. The largest absolute Gasteiger partial charge is 0.323 e. The third-order valence-corrected chi connectivity index (χ3v) is 4.45. The zero-order valence-corrected chi connectivity index (χ0v) is 13.0. The number of hydrogen-bond donors (Lipinski definition) is 1. The topological polar surface area (TPSA) is 29.3 Å². The Hall–Kier alpha value is -0.860. The van der Waals surface area contributed by atoms with Crippen LogP contribution in [0, 0.1) is 26.7 Å². The summed E-state index contributed by atoms with van der Waals surface area (Å²) in [6.45, 7) is 13.4. The average molecular weight is 260 g/mol. The Labute approximate surface area is 118 Å². The zero-order valence-electron chi connectivity index (χ0n) is 13.0. The third kappa shape index (κ3) is 3.18. The molecule has 1 fully saturated rings. The third-order valence-electron chi connectivity index (χ3n) is 4.45. The van der Waals surface area contributed by atoms with Crippen molar-refractivity contribution in [2.24, 2.45) is 11.7 Å². The highest BCUT2D eigenvalue weighted by Crippen LogP contribution is 2.27. The van der Waals surface area contributed by atoms with Gasteiger partial charge in [0.2, 0.25) is 0 Å². The lowest BCUT2D eigenvalue weighted by Gasteiger charge is -2.27. The molecule has 106 valence electrons. The van der Waals surface area contributed by atoms with Crippen molar-refractivity contribution in [1.29, 1.82) is 0 Å². The van der Waals surface area contributed by atoms with Crippen molar-refractivity contribution in [3.8, 4) is 0 Å².